The molecule has 9 heteroatoms. The van der Waals surface area contributed by atoms with Gasteiger partial charge in [0, 0.05) is 17.3 Å². The Morgan fingerprint density at radius 2 is 2.04 bits per heavy atom. The van der Waals surface area contributed by atoms with E-state index in [9.17, 15) is 18.0 Å². The number of anilines is 1. The summed E-state index contributed by atoms with van der Waals surface area (Å²) >= 11 is 0. The van der Waals surface area contributed by atoms with Crippen molar-refractivity contribution >= 4 is 5.69 Å². The summed E-state index contributed by atoms with van der Waals surface area (Å²) in [7, 11) is 0. The molecule has 3 rings (SSSR count). The van der Waals surface area contributed by atoms with Crippen LogP contribution in [-0.4, -0.2) is 29.3 Å². The Hall–Kier alpha value is -2.29. The van der Waals surface area contributed by atoms with Gasteiger partial charge in [0.05, 0.1) is 5.56 Å². The quantitative estimate of drug-likeness (QED) is 0.785. The Morgan fingerprint density at radius 3 is 2.64 bits per heavy atom. The molecule has 0 aliphatic carbocycles. The molecule has 0 spiro atoms. The van der Waals surface area contributed by atoms with Gasteiger partial charge in [0.25, 0.3) is 0 Å². The second-order valence-corrected chi connectivity index (χ2v) is 6.20. The summed E-state index contributed by atoms with van der Waals surface area (Å²) in [4.78, 5) is 11.1. The highest BCUT2D eigenvalue weighted by atomic mass is 19.4. The summed E-state index contributed by atoms with van der Waals surface area (Å²) in [5, 5.41) is 12.0. The number of halogens is 3. The van der Waals surface area contributed by atoms with E-state index in [1.54, 1.807) is 0 Å². The SMILES string of the molecule is CC(Nc1cc(-c2n[nH]c(=O)o2)ccc1C(F)(F)F)C1CCNCC1. The normalized spacial score (nSPS) is 17.4. The van der Waals surface area contributed by atoms with Crippen molar-refractivity contribution in [2.75, 3.05) is 18.4 Å². The van der Waals surface area contributed by atoms with Gasteiger partial charge in [-0.3, -0.25) is 0 Å². The van der Waals surface area contributed by atoms with E-state index in [4.69, 9.17) is 4.42 Å². The minimum Gasteiger partial charge on any atom is -0.388 e. The molecule has 6 nitrogen and oxygen atoms in total. The smallest absolute Gasteiger partial charge is 0.388 e. The third kappa shape index (κ3) is 4.04. The summed E-state index contributed by atoms with van der Waals surface area (Å²) < 4.78 is 44.8. The van der Waals surface area contributed by atoms with Gasteiger partial charge in [-0.05, 0) is 57.0 Å². The standard InChI is InChI=1S/C16H19F3N4O2/c1-9(10-4-6-20-7-5-10)21-13-8-11(14-22-23-15(24)25-14)2-3-12(13)16(17,18)19/h2-3,8-10,20-21H,4-7H2,1H3,(H,23,24). The van der Waals surface area contributed by atoms with E-state index in [0.29, 0.717) is 5.56 Å². The van der Waals surface area contributed by atoms with Crippen LogP contribution >= 0.6 is 0 Å². The Balaban J connectivity index is 1.91. The number of hydrogen-bond donors (Lipinski definition) is 3. The van der Waals surface area contributed by atoms with Crippen molar-refractivity contribution in [3.8, 4) is 11.5 Å². The molecule has 1 saturated heterocycles. The molecule has 3 N–H and O–H groups in total. The van der Waals surface area contributed by atoms with Gasteiger partial charge >= 0.3 is 11.9 Å². The molecule has 2 aromatic rings. The third-order valence-electron chi connectivity index (χ3n) is 4.48. The van der Waals surface area contributed by atoms with Gasteiger partial charge in [0.2, 0.25) is 5.89 Å². The Bertz CT molecular complexity index is 778. The van der Waals surface area contributed by atoms with Crippen molar-refractivity contribution in [3.05, 3.63) is 34.3 Å². The molecule has 0 bridgehead atoms. The van der Waals surface area contributed by atoms with Crippen LogP contribution in [-0.2, 0) is 6.18 Å². The largest absolute Gasteiger partial charge is 0.434 e. The molecule has 2 heterocycles. The maximum atomic E-state index is 13.3. The highest BCUT2D eigenvalue weighted by Gasteiger charge is 2.34. The van der Waals surface area contributed by atoms with Crippen molar-refractivity contribution < 1.29 is 17.6 Å². The first-order chi connectivity index (χ1) is 11.8. The average Bonchev–Trinajstić information content (AvgIpc) is 3.01. The van der Waals surface area contributed by atoms with Gasteiger partial charge in [0.1, 0.15) is 0 Å². The van der Waals surface area contributed by atoms with E-state index in [2.05, 4.69) is 20.8 Å². The lowest BCUT2D eigenvalue weighted by Crippen LogP contribution is -2.36. The van der Waals surface area contributed by atoms with Crippen molar-refractivity contribution in [3.63, 3.8) is 0 Å². The van der Waals surface area contributed by atoms with Crippen LogP contribution in [0.5, 0.6) is 0 Å². The Kier molecular flexibility index (Phi) is 4.85. The molecule has 1 atom stereocenters. The molecule has 1 aliphatic heterocycles. The lowest BCUT2D eigenvalue weighted by Gasteiger charge is -2.30. The number of rotatable bonds is 4. The number of H-pyrrole nitrogens is 1. The summed E-state index contributed by atoms with van der Waals surface area (Å²) in [5.41, 5.74) is -0.497. The fourth-order valence-electron chi connectivity index (χ4n) is 3.10. The van der Waals surface area contributed by atoms with E-state index in [1.165, 1.54) is 12.1 Å². The summed E-state index contributed by atoms with van der Waals surface area (Å²) in [6, 6.07) is 3.41. The lowest BCUT2D eigenvalue weighted by atomic mass is 9.91. The first kappa shape index (κ1) is 17.5. The third-order valence-corrected chi connectivity index (χ3v) is 4.48. The number of benzene rings is 1. The topological polar surface area (TPSA) is 83.0 Å². The van der Waals surface area contributed by atoms with Crippen LogP contribution in [0.4, 0.5) is 18.9 Å². The van der Waals surface area contributed by atoms with E-state index in [0.717, 1.165) is 32.0 Å². The number of aromatic nitrogens is 2. The van der Waals surface area contributed by atoms with Crippen LogP contribution < -0.4 is 16.4 Å². The summed E-state index contributed by atoms with van der Waals surface area (Å²) in [5.74, 6) is -0.516. The van der Waals surface area contributed by atoms with E-state index in [-0.39, 0.29) is 23.5 Å². The minimum atomic E-state index is -4.49. The molecule has 1 aromatic heterocycles. The van der Waals surface area contributed by atoms with Crippen LogP contribution in [0.1, 0.15) is 25.3 Å². The highest BCUT2D eigenvalue weighted by molar-refractivity contribution is 5.65. The average molecular weight is 356 g/mol. The predicted molar refractivity (Wildman–Crippen MR) is 86.2 cm³/mol. The number of alkyl halides is 3. The Morgan fingerprint density at radius 1 is 1.32 bits per heavy atom. The van der Waals surface area contributed by atoms with Gasteiger partial charge < -0.3 is 15.1 Å². The number of hydrogen-bond acceptors (Lipinski definition) is 5. The molecule has 1 aromatic carbocycles. The van der Waals surface area contributed by atoms with Gasteiger partial charge in [-0.2, -0.15) is 13.2 Å². The number of nitrogens with zero attached hydrogens (tertiary/aromatic N) is 1. The Labute approximate surface area is 141 Å². The molecule has 25 heavy (non-hydrogen) atoms. The van der Waals surface area contributed by atoms with Gasteiger partial charge in [-0.15, -0.1) is 5.10 Å². The summed E-state index contributed by atoms with van der Waals surface area (Å²) in [6.07, 6.45) is -2.67. The molecule has 1 fully saturated rings. The molecule has 1 unspecified atom stereocenters. The van der Waals surface area contributed by atoms with Gasteiger partial charge in [-0.25, -0.2) is 9.89 Å². The number of piperidine rings is 1. The second kappa shape index (κ2) is 6.91. The molecular weight excluding hydrogens is 337 g/mol. The van der Waals surface area contributed by atoms with Crippen molar-refractivity contribution in [1.29, 1.82) is 0 Å². The first-order valence-corrected chi connectivity index (χ1v) is 8.09. The van der Waals surface area contributed by atoms with Crippen molar-refractivity contribution in [1.82, 2.24) is 15.5 Å². The van der Waals surface area contributed by atoms with Crippen LogP contribution in [0.2, 0.25) is 0 Å². The zero-order valence-corrected chi connectivity index (χ0v) is 13.6. The maximum absolute atomic E-state index is 13.3. The van der Waals surface area contributed by atoms with Crippen LogP contribution in [0.25, 0.3) is 11.5 Å². The lowest BCUT2D eigenvalue weighted by molar-refractivity contribution is -0.137. The number of nitrogens with one attached hydrogen (secondary N) is 3. The van der Waals surface area contributed by atoms with E-state index >= 15 is 0 Å². The highest BCUT2D eigenvalue weighted by Crippen LogP contribution is 2.37. The van der Waals surface area contributed by atoms with Crippen LogP contribution in [0, 0.1) is 5.92 Å². The minimum absolute atomic E-state index is 0.0401. The van der Waals surface area contributed by atoms with E-state index in [1.807, 2.05) is 6.92 Å². The van der Waals surface area contributed by atoms with Crippen LogP contribution in [0.3, 0.4) is 0 Å². The number of aromatic amines is 1. The van der Waals surface area contributed by atoms with Gasteiger partial charge in [0.15, 0.2) is 0 Å². The molecule has 0 radical (unpaired) electrons. The van der Waals surface area contributed by atoms with Crippen LogP contribution in [0.15, 0.2) is 27.4 Å². The van der Waals surface area contributed by atoms with Gasteiger partial charge in [-0.1, -0.05) is 0 Å². The molecule has 1 aliphatic rings. The first-order valence-electron chi connectivity index (χ1n) is 8.09. The molecule has 0 amide bonds. The second-order valence-electron chi connectivity index (χ2n) is 6.20. The molecule has 0 saturated carbocycles. The molecular formula is C16H19F3N4O2. The summed E-state index contributed by atoms with van der Waals surface area (Å²) in [6.45, 7) is 3.61. The maximum Gasteiger partial charge on any atom is 0.434 e. The van der Waals surface area contributed by atoms with Crippen molar-refractivity contribution in [2.45, 2.75) is 32.0 Å². The fraction of sp³-hybridized carbons (Fsp3) is 0.500. The van der Waals surface area contributed by atoms with E-state index < -0.39 is 17.5 Å². The monoisotopic (exact) mass is 356 g/mol. The zero-order chi connectivity index (χ0) is 18.0. The fourth-order valence-corrected chi connectivity index (χ4v) is 3.10. The zero-order valence-electron chi connectivity index (χ0n) is 13.6. The molecule has 136 valence electrons. The van der Waals surface area contributed by atoms with Crippen molar-refractivity contribution in [2.24, 2.45) is 5.92 Å². The predicted octanol–water partition coefficient (Wildman–Crippen LogP) is 2.85.